The summed E-state index contributed by atoms with van der Waals surface area (Å²) in [6.45, 7) is 2.34. The van der Waals surface area contributed by atoms with Crippen molar-refractivity contribution < 1.29 is 9.53 Å². The first kappa shape index (κ1) is 14.5. The fraction of sp³-hybridized carbons (Fsp3) is 0.200. The first-order valence-corrected chi connectivity index (χ1v) is 7.03. The van der Waals surface area contributed by atoms with Gasteiger partial charge in [-0.1, -0.05) is 12.1 Å². The molecule has 0 spiro atoms. The Kier molecular flexibility index (Phi) is 5.12. The van der Waals surface area contributed by atoms with Gasteiger partial charge in [0.1, 0.15) is 11.6 Å². The number of nitrogens with zero attached hydrogens (tertiary/aromatic N) is 1. The summed E-state index contributed by atoms with van der Waals surface area (Å²) in [7, 11) is 0. The van der Waals surface area contributed by atoms with Gasteiger partial charge < -0.3 is 10.1 Å². The van der Waals surface area contributed by atoms with Crippen molar-refractivity contribution in [2.75, 3.05) is 11.9 Å². The molecule has 1 heterocycles. The lowest BCUT2D eigenvalue weighted by molar-refractivity contribution is -0.116. The molecule has 0 bridgehead atoms. The van der Waals surface area contributed by atoms with E-state index in [9.17, 15) is 4.79 Å². The van der Waals surface area contributed by atoms with E-state index in [4.69, 9.17) is 4.74 Å². The Morgan fingerprint density at radius 3 is 2.90 bits per heavy atom. The van der Waals surface area contributed by atoms with Gasteiger partial charge in [-0.15, -0.1) is 0 Å². The summed E-state index contributed by atoms with van der Waals surface area (Å²) < 4.78 is 6.40. The number of benzene rings is 1. The minimum absolute atomic E-state index is 0.118. The average molecular weight is 335 g/mol. The molecular weight excluding hydrogens is 320 g/mol. The molecule has 1 amide bonds. The average Bonchev–Trinajstić information content (AvgIpc) is 2.41. The standard InChI is InChI=1S/C15H15BrN2O2/c1-11-3-2-4-13(9-11)20-8-7-15(19)18-14-6-5-12(16)10-17-14/h2-6,9-10H,7-8H2,1H3,(H,17,18,19). The van der Waals surface area contributed by atoms with Crippen LogP contribution in [0.2, 0.25) is 0 Å². The number of rotatable bonds is 5. The number of pyridine rings is 1. The Morgan fingerprint density at radius 2 is 2.20 bits per heavy atom. The maximum absolute atomic E-state index is 11.7. The third kappa shape index (κ3) is 4.66. The lowest BCUT2D eigenvalue weighted by atomic mass is 10.2. The second-order valence-electron chi connectivity index (χ2n) is 4.32. The number of amides is 1. The summed E-state index contributed by atoms with van der Waals surface area (Å²) >= 11 is 3.29. The zero-order chi connectivity index (χ0) is 14.4. The highest BCUT2D eigenvalue weighted by Crippen LogP contribution is 2.13. The van der Waals surface area contributed by atoms with Crippen molar-refractivity contribution in [3.63, 3.8) is 0 Å². The summed E-state index contributed by atoms with van der Waals surface area (Å²) in [4.78, 5) is 15.8. The number of nitrogens with one attached hydrogen (secondary N) is 1. The molecule has 4 nitrogen and oxygen atoms in total. The van der Waals surface area contributed by atoms with E-state index in [1.54, 1.807) is 12.3 Å². The summed E-state index contributed by atoms with van der Waals surface area (Å²) in [6, 6.07) is 11.3. The SMILES string of the molecule is Cc1cccc(OCCC(=O)Nc2ccc(Br)cn2)c1. The van der Waals surface area contributed by atoms with Crippen molar-refractivity contribution in [3.05, 3.63) is 52.6 Å². The molecule has 1 aromatic heterocycles. The topological polar surface area (TPSA) is 51.2 Å². The van der Waals surface area contributed by atoms with Crippen molar-refractivity contribution in [1.82, 2.24) is 4.98 Å². The van der Waals surface area contributed by atoms with Gasteiger partial charge in [0.2, 0.25) is 5.91 Å². The van der Waals surface area contributed by atoms with Crippen LogP contribution in [0, 0.1) is 6.92 Å². The molecule has 0 radical (unpaired) electrons. The Hall–Kier alpha value is -1.88. The Labute approximate surface area is 126 Å². The normalized spacial score (nSPS) is 10.1. The van der Waals surface area contributed by atoms with E-state index in [0.29, 0.717) is 12.4 Å². The second-order valence-corrected chi connectivity index (χ2v) is 5.24. The zero-order valence-electron chi connectivity index (χ0n) is 11.1. The molecule has 0 aliphatic rings. The molecule has 1 N–H and O–H groups in total. The van der Waals surface area contributed by atoms with Crippen LogP contribution in [-0.2, 0) is 4.79 Å². The van der Waals surface area contributed by atoms with Crippen LogP contribution in [0.3, 0.4) is 0 Å². The number of ether oxygens (including phenoxy) is 1. The van der Waals surface area contributed by atoms with Crippen molar-refractivity contribution in [1.29, 1.82) is 0 Å². The number of halogens is 1. The van der Waals surface area contributed by atoms with Gasteiger partial charge >= 0.3 is 0 Å². The Balaban J connectivity index is 1.76. The number of hydrogen-bond donors (Lipinski definition) is 1. The van der Waals surface area contributed by atoms with Gasteiger partial charge in [-0.3, -0.25) is 4.79 Å². The highest BCUT2D eigenvalue weighted by Gasteiger charge is 2.04. The van der Waals surface area contributed by atoms with Gasteiger partial charge in [0.15, 0.2) is 0 Å². The van der Waals surface area contributed by atoms with Crippen LogP contribution in [0.25, 0.3) is 0 Å². The van der Waals surface area contributed by atoms with E-state index < -0.39 is 0 Å². The first-order valence-electron chi connectivity index (χ1n) is 6.24. The van der Waals surface area contributed by atoms with Crippen LogP contribution >= 0.6 is 15.9 Å². The fourth-order valence-corrected chi connectivity index (χ4v) is 1.86. The van der Waals surface area contributed by atoms with Crippen molar-refractivity contribution in [3.8, 4) is 5.75 Å². The third-order valence-corrected chi connectivity index (χ3v) is 3.05. The zero-order valence-corrected chi connectivity index (χ0v) is 12.7. The monoisotopic (exact) mass is 334 g/mol. The number of aryl methyl sites for hydroxylation is 1. The van der Waals surface area contributed by atoms with E-state index >= 15 is 0 Å². The van der Waals surface area contributed by atoms with Gasteiger partial charge in [0.05, 0.1) is 13.0 Å². The predicted molar refractivity (Wildman–Crippen MR) is 81.9 cm³/mol. The van der Waals surface area contributed by atoms with Gasteiger partial charge in [-0.2, -0.15) is 0 Å². The van der Waals surface area contributed by atoms with E-state index in [0.717, 1.165) is 15.8 Å². The molecule has 0 saturated heterocycles. The van der Waals surface area contributed by atoms with Crippen LogP contribution in [0.5, 0.6) is 5.75 Å². The van der Waals surface area contributed by atoms with Crippen LogP contribution < -0.4 is 10.1 Å². The van der Waals surface area contributed by atoms with Crippen LogP contribution in [-0.4, -0.2) is 17.5 Å². The quantitative estimate of drug-likeness (QED) is 0.909. The van der Waals surface area contributed by atoms with Crippen molar-refractivity contribution in [2.45, 2.75) is 13.3 Å². The Bertz CT molecular complexity index is 585. The van der Waals surface area contributed by atoms with Crippen molar-refractivity contribution in [2.24, 2.45) is 0 Å². The molecule has 2 aromatic rings. The molecule has 0 aliphatic carbocycles. The maximum atomic E-state index is 11.7. The number of aromatic nitrogens is 1. The Morgan fingerprint density at radius 1 is 1.35 bits per heavy atom. The first-order chi connectivity index (χ1) is 9.63. The summed E-state index contributed by atoms with van der Waals surface area (Å²) in [5.74, 6) is 1.20. The summed E-state index contributed by atoms with van der Waals surface area (Å²) in [5, 5.41) is 2.72. The summed E-state index contributed by atoms with van der Waals surface area (Å²) in [6.07, 6.45) is 1.92. The van der Waals surface area contributed by atoms with E-state index in [1.165, 1.54) is 0 Å². The number of anilines is 1. The van der Waals surface area contributed by atoms with Crippen molar-refractivity contribution >= 4 is 27.7 Å². The third-order valence-electron chi connectivity index (χ3n) is 2.58. The molecule has 2 rings (SSSR count). The maximum Gasteiger partial charge on any atom is 0.228 e. The molecule has 104 valence electrons. The molecule has 0 aliphatic heterocycles. The molecule has 0 fully saturated rings. The number of carbonyl (C=O) groups is 1. The highest BCUT2D eigenvalue weighted by molar-refractivity contribution is 9.10. The van der Waals surface area contributed by atoms with Crippen LogP contribution in [0.1, 0.15) is 12.0 Å². The molecule has 0 unspecified atom stereocenters. The van der Waals surface area contributed by atoms with Crippen LogP contribution in [0.15, 0.2) is 47.1 Å². The lowest BCUT2D eigenvalue weighted by Crippen LogP contribution is -2.15. The molecular formula is C15H15BrN2O2. The van der Waals surface area contributed by atoms with E-state index in [1.807, 2.05) is 37.3 Å². The minimum Gasteiger partial charge on any atom is -0.493 e. The van der Waals surface area contributed by atoms with Gasteiger partial charge in [-0.25, -0.2) is 4.98 Å². The molecule has 1 aromatic carbocycles. The fourth-order valence-electron chi connectivity index (χ4n) is 1.62. The smallest absolute Gasteiger partial charge is 0.228 e. The van der Waals surface area contributed by atoms with Gasteiger partial charge in [0, 0.05) is 10.7 Å². The molecule has 0 atom stereocenters. The van der Waals surface area contributed by atoms with E-state index in [2.05, 4.69) is 26.2 Å². The highest BCUT2D eigenvalue weighted by atomic mass is 79.9. The van der Waals surface area contributed by atoms with Crippen LogP contribution in [0.4, 0.5) is 5.82 Å². The number of hydrogen-bond acceptors (Lipinski definition) is 3. The molecule has 20 heavy (non-hydrogen) atoms. The molecule has 0 saturated carbocycles. The van der Waals surface area contributed by atoms with Gasteiger partial charge in [0.25, 0.3) is 0 Å². The number of carbonyl (C=O) groups excluding carboxylic acids is 1. The minimum atomic E-state index is -0.118. The van der Waals surface area contributed by atoms with E-state index in [-0.39, 0.29) is 12.3 Å². The lowest BCUT2D eigenvalue weighted by Gasteiger charge is -2.07. The largest absolute Gasteiger partial charge is 0.493 e. The van der Waals surface area contributed by atoms with Gasteiger partial charge in [-0.05, 0) is 52.7 Å². The predicted octanol–water partition coefficient (Wildman–Crippen LogP) is 3.56. The summed E-state index contributed by atoms with van der Waals surface area (Å²) in [5.41, 5.74) is 1.13. The second kappa shape index (κ2) is 7.05. The molecule has 5 heteroatoms.